The Kier molecular flexibility index (Phi) is 4.15. The van der Waals surface area contributed by atoms with E-state index in [9.17, 15) is 10.4 Å². The van der Waals surface area contributed by atoms with Crippen molar-refractivity contribution >= 4 is 21.5 Å². The SMILES string of the molecule is COc1cc2c(O)c(C#N)c3cc(OC)c(OC)cc3c2cc1OC. The van der Waals surface area contributed by atoms with Crippen molar-refractivity contribution in [3.8, 4) is 34.8 Å². The number of phenols is 1. The maximum atomic E-state index is 10.6. The molecule has 1 N–H and O–H groups in total. The zero-order valence-corrected chi connectivity index (χ0v) is 14.3. The summed E-state index contributed by atoms with van der Waals surface area (Å²) in [7, 11) is 6.12. The molecule has 0 radical (unpaired) electrons. The van der Waals surface area contributed by atoms with E-state index in [0.717, 1.165) is 5.39 Å². The van der Waals surface area contributed by atoms with Gasteiger partial charge in [0.25, 0.3) is 0 Å². The molecule has 0 saturated heterocycles. The first-order chi connectivity index (χ1) is 12.1. The molecule has 0 aromatic heterocycles. The monoisotopic (exact) mass is 339 g/mol. The van der Waals surface area contributed by atoms with Crippen molar-refractivity contribution in [2.24, 2.45) is 0 Å². The van der Waals surface area contributed by atoms with E-state index < -0.39 is 0 Å². The first kappa shape index (κ1) is 16.5. The molecule has 0 bridgehead atoms. The van der Waals surface area contributed by atoms with Gasteiger partial charge in [-0.15, -0.1) is 0 Å². The maximum absolute atomic E-state index is 10.6. The topological polar surface area (TPSA) is 80.9 Å². The summed E-state index contributed by atoms with van der Waals surface area (Å²) >= 11 is 0. The Bertz CT molecular complexity index is 1020. The minimum atomic E-state index is -0.113. The van der Waals surface area contributed by atoms with E-state index >= 15 is 0 Å². The van der Waals surface area contributed by atoms with Gasteiger partial charge in [0.2, 0.25) is 0 Å². The Balaban J connectivity index is 2.57. The van der Waals surface area contributed by atoms with Gasteiger partial charge in [0.1, 0.15) is 17.4 Å². The van der Waals surface area contributed by atoms with Crippen LogP contribution in [-0.4, -0.2) is 33.5 Å². The number of rotatable bonds is 4. The van der Waals surface area contributed by atoms with Gasteiger partial charge in [-0.1, -0.05) is 0 Å². The Morgan fingerprint density at radius 3 is 1.44 bits per heavy atom. The number of aromatic hydroxyl groups is 1. The number of fused-ring (bicyclic) bond motifs is 3. The van der Waals surface area contributed by atoms with Crippen molar-refractivity contribution in [3.05, 3.63) is 29.8 Å². The molecule has 3 rings (SSSR count). The third kappa shape index (κ3) is 2.41. The number of hydrogen-bond donors (Lipinski definition) is 1. The maximum Gasteiger partial charge on any atom is 0.161 e. The summed E-state index contributed by atoms with van der Waals surface area (Å²) in [6.07, 6.45) is 0. The first-order valence-corrected chi connectivity index (χ1v) is 7.46. The number of nitrogens with zero attached hydrogens (tertiary/aromatic N) is 1. The zero-order chi connectivity index (χ0) is 18.1. The molecule has 0 aliphatic carbocycles. The van der Waals surface area contributed by atoms with Gasteiger partial charge >= 0.3 is 0 Å². The molecule has 3 aromatic carbocycles. The van der Waals surface area contributed by atoms with Gasteiger partial charge < -0.3 is 24.1 Å². The number of ether oxygens (including phenoxy) is 4. The highest BCUT2D eigenvalue weighted by Gasteiger charge is 2.19. The lowest BCUT2D eigenvalue weighted by molar-refractivity contribution is 0.355. The summed E-state index contributed by atoms with van der Waals surface area (Å²) in [5, 5.41) is 22.7. The number of methoxy groups -OCH3 is 4. The third-order valence-electron chi connectivity index (χ3n) is 4.21. The molecule has 0 spiro atoms. The second-order valence-electron chi connectivity index (χ2n) is 5.34. The fraction of sp³-hybridized carbons (Fsp3) is 0.211. The lowest BCUT2D eigenvalue weighted by Crippen LogP contribution is -1.95. The standard InChI is InChI=1S/C19H17NO5/c1-22-15-5-10-11-6-16(23-2)18(25-4)8-13(11)19(21)14(9-20)12(10)7-17(15)24-3/h5-8,21H,1-4H3. The predicted molar refractivity (Wildman–Crippen MR) is 94.0 cm³/mol. The summed E-state index contributed by atoms with van der Waals surface area (Å²) in [5.74, 6) is 1.88. The normalized spacial score (nSPS) is 10.5. The smallest absolute Gasteiger partial charge is 0.161 e. The van der Waals surface area contributed by atoms with Crippen LogP contribution in [-0.2, 0) is 0 Å². The van der Waals surface area contributed by atoms with Crippen LogP contribution in [0.5, 0.6) is 28.7 Å². The highest BCUT2D eigenvalue weighted by Crippen LogP contribution is 2.45. The van der Waals surface area contributed by atoms with Gasteiger partial charge in [-0.2, -0.15) is 5.26 Å². The number of nitriles is 1. The van der Waals surface area contributed by atoms with E-state index in [0.29, 0.717) is 39.2 Å². The molecule has 0 fully saturated rings. The van der Waals surface area contributed by atoms with Crippen LogP contribution in [0.2, 0.25) is 0 Å². The Morgan fingerprint density at radius 1 is 0.680 bits per heavy atom. The second kappa shape index (κ2) is 6.29. The van der Waals surface area contributed by atoms with E-state index in [1.165, 1.54) is 14.2 Å². The molecular weight excluding hydrogens is 322 g/mol. The van der Waals surface area contributed by atoms with Crippen LogP contribution in [0.3, 0.4) is 0 Å². The van der Waals surface area contributed by atoms with Crippen LogP contribution < -0.4 is 18.9 Å². The molecule has 128 valence electrons. The molecule has 0 atom stereocenters. The van der Waals surface area contributed by atoms with Crippen LogP contribution in [0.25, 0.3) is 21.5 Å². The molecule has 0 amide bonds. The highest BCUT2D eigenvalue weighted by atomic mass is 16.5. The van der Waals surface area contributed by atoms with Gasteiger partial charge in [0.05, 0.1) is 28.4 Å². The van der Waals surface area contributed by atoms with Crippen molar-refractivity contribution < 1.29 is 24.1 Å². The molecule has 0 saturated carbocycles. The first-order valence-electron chi connectivity index (χ1n) is 7.46. The number of phenolic OH excluding ortho intramolecular Hbond substituents is 1. The number of hydrogen-bond acceptors (Lipinski definition) is 6. The van der Waals surface area contributed by atoms with E-state index in [1.807, 2.05) is 0 Å². The van der Waals surface area contributed by atoms with Crippen LogP contribution in [0.1, 0.15) is 5.56 Å². The second-order valence-corrected chi connectivity index (χ2v) is 5.34. The van der Waals surface area contributed by atoms with Crippen molar-refractivity contribution in [2.45, 2.75) is 0 Å². The van der Waals surface area contributed by atoms with Crippen LogP contribution >= 0.6 is 0 Å². The fourth-order valence-electron chi connectivity index (χ4n) is 2.98. The van der Waals surface area contributed by atoms with E-state index in [1.54, 1.807) is 38.5 Å². The van der Waals surface area contributed by atoms with Gasteiger partial charge in [0, 0.05) is 10.8 Å². The van der Waals surface area contributed by atoms with E-state index in [4.69, 9.17) is 18.9 Å². The molecular formula is C19H17NO5. The zero-order valence-electron chi connectivity index (χ0n) is 14.3. The Labute approximate surface area is 144 Å². The van der Waals surface area contributed by atoms with Gasteiger partial charge in [-0.3, -0.25) is 0 Å². The van der Waals surface area contributed by atoms with Crippen LogP contribution in [0.4, 0.5) is 0 Å². The van der Waals surface area contributed by atoms with Crippen LogP contribution in [0, 0.1) is 11.3 Å². The molecule has 0 heterocycles. The minimum Gasteiger partial charge on any atom is -0.506 e. The summed E-state index contributed by atoms with van der Waals surface area (Å²) < 4.78 is 21.4. The third-order valence-corrected chi connectivity index (χ3v) is 4.21. The van der Waals surface area contributed by atoms with Gasteiger partial charge in [-0.25, -0.2) is 0 Å². The Hall–Kier alpha value is -3.33. The lowest BCUT2D eigenvalue weighted by Gasteiger charge is -2.15. The van der Waals surface area contributed by atoms with Gasteiger partial charge in [0.15, 0.2) is 23.0 Å². The molecule has 0 unspecified atom stereocenters. The molecule has 6 heteroatoms. The summed E-state index contributed by atoms with van der Waals surface area (Å²) in [6.45, 7) is 0. The average Bonchev–Trinajstić information content (AvgIpc) is 2.66. The molecule has 25 heavy (non-hydrogen) atoms. The van der Waals surface area contributed by atoms with Crippen molar-refractivity contribution in [2.75, 3.05) is 28.4 Å². The summed E-state index contributed by atoms with van der Waals surface area (Å²) in [5.41, 5.74) is 0.163. The minimum absolute atomic E-state index is 0.113. The van der Waals surface area contributed by atoms with E-state index in [-0.39, 0.29) is 11.3 Å². The molecule has 0 aliphatic rings. The average molecular weight is 339 g/mol. The van der Waals surface area contributed by atoms with Crippen LogP contribution in [0.15, 0.2) is 24.3 Å². The molecule has 6 nitrogen and oxygen atoms in total. The van der Waals surface area contributed by atoms with Crippen molar-refractivity contribution in [1.82, 2.24) is 0 Å². The quantitative estimate of drug-likeness (QED) is 0.732. The summed E-state index contributed by atoms with van der Waals surface area (Å²) in [4.78, 5) is 0. The Morgan fingerprint density at radius 2 is 1.04 bits per heavy atom. The van der Waals surface area contributed by atoms with E-state index in [2.05, 4.69) is 6.07 Å². The molecule has 0 aliphatic heterocycles. The van der Waals surface area contributed by atoms with Crippen molar-refractivity contribution in [3.63, 3.8) is 0 Å². The van der Waals surface area contributed by atoms with Crippen molar-refractivity contribution in [1.29, 1.82) is 5.26 Å². The molecule has 3 aromatic rings. The predicted octanol–water partition coefficient (Wildman–Crippen LogP) is 3.60. The highest BCUT2D eigenvalue weighted by molar-refractivity contribution is 6.14. The lowest BCUT2D eigenvalue weighted by atomic mass is 9.95. The number of benzene rings is 3. The fourth-order valence-corrected chi connectivity index (χ4v) is 2.98. The largest absolute Gasteiger partial charge is 0.506 e. The van der Waals surface area contributed by atoms with Gasteiger partial charge in [-0.05, 0) is 35.0 Å². The summed E-state index contributed by atoms with van der Waals surface area (Å²) in [6, 6.07) is 8.95.